The molecule has 0 spiro atoms. The van der Waals surface area contributed by atoms with Crippen molar-refractivity contribution in [1.29, 1.82) is 0 Å². The van der Waals surface area contributed by atoms with E-state index in [-0.39, 0.29) is 0 Å². The van der Waals surface area contributed by atoms with Gasteiger partial charge in [0.15, 0.2) is 0 Å². The predicted molar refractivity (Wildman–Crippen MR) is 225 cm³/mol. The molecule has 2 nitrogen and oxygen atoms in total. The number of aryl methyl sites for hydroxylation is 8. The highest BCUT2D eigenvalue weighted by atomic mass is 28.4. The first kappa shape index (κ1) is 36.9. The molecule has 0 radical (unpaired) electrons. The molecule has 6 rings (SSSR count). The zero-order valence-corrected chi connectivity index (χ0v) is 34.3. The lowest BCUT2D eigenvalue weighted by molar-refractivity contribution is 0.598. The van der Waals surface area contributed by atoms with Gasteiger partial charge in [0.1, 0.15) is 0 Å². The van der Waals surface area contributed by atoms with E-state index in [1.165, 1.54) is 76.2 Å². The second-order valence-corrected chi connectivity index (χ2v) is 20.1. The Morgan fingerprint density at radius 1 is 0.373 bits per heavy atom. The van der Waals surface area contributed by atoms with Crippen molar-refractivity contribution in [3.8, 4) is 0 Å². The molecule has 5 aromatic carbocycles. The summed E-state index contributed by atoms with van der Waals surface area (Å²) in [5.74, 6) is 0. The zero-order chi connectivity index (χ0) is 36.2. The number of benzene rings is 5. The second kappa shape index (κ2) is 15.8. The number of rotatable bonds is 13. The van der Waals surface area contributed by atoms with E-state index < -0.39 is 16.8 Å². The standard InChI is InChI=1S/C47H57NOSi2/c1-9-34-26-20-27-35(10-2)43(34)50(44-36(11-3)28-21-29-37(44)12-4)47(42-24-18-17-19-25-42)48-51(49-50,45-38(13-5)30-22-31-39(45)14-6)46-40(15-7)32-23-33-41(46)16-8/h17-33H,9-16H2,1-8H3. The van der Waals surface area contributed by atoms with E-state index in [9.17, 15) is 0 Å². The third-order valence-electron chi connectivity index (χ3n) is 11.3. The van der Waals surface area contributed by atoms with E-state index in [4.69, 9.17) is 8.77 Å². The fraction of sp³-hybridized carbons (Fsp3) is 0.340. The van der Waals surface area contributed by atoms with Crippen LogP contribution >= 0.6 is 0 Å². The van der Waals surface area contributed by atoms with Gasteiger partial charge in [-0.2, -0.15) is 0 Å². The van der Waals surface area contributed by atoms with Crippen LogP contribution in [0.15, 0.2) is 108 Å². The molecule has 0 unspecified atom stereocenters. The van der Waals surface area contributed by atoms with Crippen molar-refractivity contribution in [1.82, 2.24) is 0 Å². The Balaban J connectivity index is 1.96. The molecule has 1 heterocycles. The van der Waals surface area contributed by atoms with Gasteiger partial charge in [-0.1, -0.05) is 159 Å². The van der Waals surface area contributed by atoms with E-state index in [1.54, 1.807) is 0 Å². The van der Waals surface area contributed by atoms with Crippen LogP contribution in [-0.4, -0.2) is 22.1 Å². The van der Waals surface area contributed by atoms with Crippen molar-refractivity contribution in [2.75, 3.05) is 0 Å². The summed E-state index contributed by atoms with van der Waals surface area (Å²) in [4.78, 5) is 0. The Hall–Kier alpha value is -3.84. The van der Waals surface area contributed by atoms with Gasteiger partial charge in [0.05, 0.1) is 5.33 Å². The van der Waals surface area contributed by atoms with Gasteiger partial charge in [-0.25, -0.2) is 0 Å². The molecular weight excluding hydrogens is 651 g/mol. The van der Waals surface area contributed by atoms with Gasteiger partial charge >= 0.3 is 8.48 Å². The molecule has 5 aromatic rings. The summed E-state index contributed by atoms with van der Waals surface area (Å²) in [6.45, 7) is 18.6. The van der Waals surface area contributed by atoms with Gasteiger partial charge in [-0.15, -0.1) is 0 Å². The van der Waals surface area contributed by atoms with E-state index in [0.717, 1.165) is 51.4 Å². The van der Waals surface area contributed by atoms with Crippen molar-refractivity contribution >= 4 is 42.9 Å². The van der Waals surface area contributed by atoms with E-state index in [0.29, 0.717) is 0 Å². The summed E-state index contributed by atoms with van der Waals surface area (Å²) in [5, 5.41) is 6.89. The quantitative estimate of drug-likeness (QED) is 0.112. The average molecular weight is 708 g/mol. The van der Waals surface area contributed by atoms with Gasteiger partial charge in [-0.3, -0.25) is 4.66 Å². The maximum atomic E-state index is 8.86. The van der Waals surface area contributed by atoms with Gasteiger partial charge in [0, 0.05) is 0 Å². The molecule has 0 atom stereocenters. The molecular formula is C47H57NOSi2. The molecule has 0 saturated carbocycles. The van der Waals surface area contributed by atoms with E-state index in [2.05, 4.69) is 159 Å². The molecule has 0 saturated heterocycles. The molecule has 0 aromatic heterocycles. The molecule has 0 bridgehead atoms. The minimum absolute atomic E-state index is 0.944. The molecule has 0 aliphatic carbocycles. The minimum Gasteiger partial charge on any atom is -0.421 e. The van der Waals surface area contributed by atoms with Crippen LogP contribution in [0.25, 0.3) is 0 Å². The van der Waals surface area contributed by atoms with Crippen molar-refractivity contribution in [2.45, 2.75) is 107 Å². The Kier molecular flexibility index (Phi) is 11.5. The SMILES string of the molecule is CCc1cccc(CC)c1[Si]1(c2c(CC)cccc2CC)N=C(c2ccccc2)[Si](c2c(CC)cccc2CC)(c2c(CC)cccc2CC)O1. The lowest BCUT2D eigenvalue weighted by atomic mass is 10.1. The second-order valence-electron chi connectivity index (χ2n) is 13.9. The van der Waals surface area contributed by atoms with Crippen LogP contribution in [0.1, 0.15) is 105 Å². The van der Waals surface area contributed by atoms with Crippen molar-refractivity contribution in [3.05, 3.63) is 153 Å². The first-order chi connectivity index (χ1) is 24.9. The van der Waals surface area contributed by atoms with Gasteiger partial charge < -0.3 is 4.12 Å². The lowest BCUT2D eigenvalue weighted by Crippen LogP contribution is -2.73. The Morgan fingerprint density at radius 3 is 0.961 bits per heavy atom. The van der Waals surface area contributed by atoms with Crippen LogP contribution in [-0.2, 0) is 55.5 Å². The number of hydrogen-bond donors (Lipinski definition) is 0. The molecule has 1 aliphatic heterocycles. The summed E-state index contributed by atoms with van der Waals surface area (Å²) in [7, 11) is -6.74. The summed E-state index contributed by atoms with van der Waals surface area (Å²) < 4.78 is 15.3. The molecule has 4 heteroatoms. The Bertz CT molecular complexity index is 1830. The predicted octanol–water partition coefficient (Wildman–Crippen LogP) is 8.56. The third kappa shape index (κ3) is 6.13. The first-order valence-corrected chi connectivity index (χ1v) is 23.5. The van der Waals surface area contributed by atoms with Crippen molar-refractivity contribution in [3.63, 3.8) is 0 Å². The van der Waals surface area contributed by atoms with Crippen molar-refractivity contribution in [2.24, 2.45) is 4.66 Å². The third-order valence-corrected chi connectivity index (χ3v) is 20.9. The minimum atomic E-state index is -3.39. The van der Waals surface area contributed by atoms with Crippen LogP contribution in [0, 0.1) is 0 Å². The zero-order valence-electron chi connectivity index (χ0n) is 32.3. The topological polar surface area (TPSA) is 21.6 Å². The van der Waals surface area contributed by atoms with Crippen molar-refractivity contribution < 1.29 is 4.12 Å². The molecule has 51 heavy (non-hydrogen) atoms. The number of hydrogen-bond acceptors (Lipinski definition) is 2. The Morgan fingerprint density at radius 2 is 0.667 bits per heavy atom. The highest BCUT2D eigenvalue weighted by Crippen LogP contribution is 2.36. The van der Waals surface area contributed by atoms with Crippen LogP contribution in [0.4, 0.5) is 0 Å². The maximum absolute atomic E-state index is 8.86. The average Bonchev–Trinajstić information content (AvgIpc) is 3.56. The van der Waals surface area contributed by atoms with Crippen LogP contribution in [0.5, 0.6) is 0 Å². The van der Waals surface area contributed by atoms with E-state index >= 15 is 0 Å². The fourth-order valence-electron chi connectivity index (χ4n) is 8.94. The highest BCUT2D eigenvalue weighted by Gasteiger charge is 2.63. The largest absolute Gasteiger partial charge is 0.421 e. The summed E-state index contributed by atoms with van der Waals surface area (Å²) in [5.41, 5.74) is 12.4. The maximum Gasteiger partial charge on any atom is 0.378 e. The molecule has 1 aliphatic rings. The summed E-state index contributed by atoms with van der Waals surface area (Å²) in [6, 6.07) is 39.2. The molecule has 264 valence electrons. The lowest BCUT2D eigenvalue weighted by Gasteiger charge is -2.40. The summed E-state index contributed by atoms with van der Waals surface area (Å²) in [6.07, 6.45) is 7.57. The Labute approximate surface area is 310 Å². The highest BCUT2D eigenvalue weighted by molar-refractivity contribution is 7.29. The van der Waals surface area contributed by atoms with Gasteiger partial charge in [0.25, 0.3) is 8.32 Å². The molecule has 0 fully saturated rings. The normalized spacial score (nSPS) is 14.9. The smallest absolute Gasteiger partial charge is 0.378 e. The summed E-state index contributed by atoms with van der Waals surface area (Å²) >= 11 is 0. The molecule has 0 N–H and O–H groups in total. The van der Waals surface area contributed by atoms with Gasteiger partial charge in [-0.05, 0) is 122 Å². The van der Waals surface area contributed by atoms with Gasteiger partial charge in [0.2, 0.25) is 0 Å². The number of nitrogens with zero attached hydrogens (tertiary/aromatic N) is 1. The van der Waals surface area contributed by atoms with Crippen LogP contribution < -0.4 is 20.7 Å². The first-order valence-electron chi connectivity index (χ1n) is 19.7. The monoisotopic (exact) mass is 707 g/mol. The van der Waals surface area contributed by atoms with Crippen LogP contribution in [0.2, 0.25) is 0 Å². The fourth-order valence-corrected chi connectivity index (χ4v) is 21.9. The van der Waals surface area contributed by atoms with E-state index in [1.807, 2.05) is 0 Å². The molecule has 0 amide bonds. The van der Waals surface area contributed by atoms with Crippen LogP contribution in [0.3, 0.4) is 0 Å².